The smallest absolute Gasteiger partial charge is 0.248 e. The first kappa shape index (κ1) is 14.9. The molecule has 3 rings (SSSR count). The van der Waals surface area contributed by atoms with Gasteiger partial charge in [-0.15, -0.1) is 4.99 Å². The monoisotopic (exact) mass is 311 g/mol. The number of hydrogen-bond acceptors (Lipinski definition) is 4. The summed E-state index contributed by atoms with van der Waals surface area (Å²) in [5.41, 5.74) is 2.84. The number of benzene rings is 1. The van der Waals surface area contributed by atoms with Gasteiger partial charge in [0.1, 0.15) is 11.9 Å². The summed E-state index contributed by atoms with van der Waals surface area (Å²) < 4.78 is 6.04. The summed E-state index contributed by atoms with van der Waals surface area (Å²) in [7, 11) is 1.70. The number of rotatable bonds is 2. The van der Waals surface area contributed by atoms with Crippen LogP contribution in [0.5, 0.6) is 5.75 Å². The normalized spacial score (nSPS) is 16.6. The van der Waals surface area contributed by atoms with Gasteiger partial charge in [-0.2, -0.15) is 5.26 Å². The number of nitrogens with zero attached hydrogens (tertiary/aromatic N) is 2. The van der Waals surface area contributed by atoms with Gasteiger partial charge in [0.05, 0.1) is 12.1 Å². The third-order valence-corrected chi connectivity index (χ3v) is 3.87. The maximum Gasteiger partial charge on any atom is 0.248 e. The van der Waals surface area contributed by atoms with Crippen LogP contribution in [0, 0.1) is 18.4 Å². The van der Waals surface area contributed by atoms with Crippen molar-refractivity contribution in [2.75, 3.05) is 13.6 Å². The number of aliphatic imine (C=N–C) groups is 1. The van der Waals surface area contributed by atoms with Crippen molar-refractivity contribution < 1.29 is 4.74 Å². The largest absolute Gasteiger partial charge is 0.487 e. The van der Waals surface area contributed by atoms with Gasteiger partial charge in [-0.05, 0) is 24.1 Å². The van der Waals surface area contributed by atoms with Crippen molar-refractivity contribution in [2.45, 2.75) is 19.4 Å². The Labute approximate surface area is 133 Å². The Morgan fingerprint density at radius 3 is 3.13 bits per heavy atom. The summed E-state index contributed by atoms with van der Waals surface area (Å²) in [5.74, 6) is 1.23. The number of fused-ring (bicyclic) bond motifs is 3. The highest BCUT2D eigenvalue weighted by Crippen LogP contribution is 2.36. The van der Waals surface area contributed by atoms with Gasteiger partial charge >= 0.3 is 0 Å². The van der Waals surface area contributed by atoms with E-state index in [0.29, 0.717) is 12.5 Å². The van der Waals surface area contributed by atoms with Gasteiger partial charge in [-0.1, -0.05) is 6.07 Å². The van der Waals surface area contributed by atoms with E-state index in [1.165, 1.54) is 6.07 Å². The van der Waals surface area contributed by atoms with Gasteiger partial charge in [0.2, 0.25) is 17.7 Å². The molecule has 0 bridgehead atoms. The fourth-order valence-corrected chi connectivity index (χ4v) is 2.85. The maximum absolute atomic E-state index is 11.5. The predicted molar refractivity (Wildman–Crippen MR) is 87.5 cm³/mol. The van der Waals surface area contributed by atoms with Gasteiger partial charge in [0.15, 0.2) is 0 Å². The molecule has 2 heterocycles. The molecule has 7 nitrogen and oxygen atoms in total. The zero-order valence-electron chi connectivity index (χ0n) is 12.9. The molecule has 1 atom stereocenters. The van der Waals surface area contributed by atoms with Crippen molar-refractivity contribution in [3.05, 3.63) is 39.7 Å². The molecule has 1 unspecified atom stereocenters. The number of aryl methyl sites for hydroxylation is 1. The molecule has 0 saturated heterocycles. The summed E-state index contributed by atoms with van der Waals surface area (Å²) in [6, 6.07) is 5.36. The second-order valence-electron chi connectivity index (χ2n) is 5.43. The van der Waals surface area contributed by atoms with Crippen molar-refractivity contribution in [3.8, 4) is 11.9 Å². The van der Waals surface area contributed by atoms with Crippen molar-refractivity contribution in [2.24, 2.45) is 4.99 Å². The summed E-state index contributed by atoms with van der Waals surface area (Å²) in [6.07, 6.45) is 2.45. The highest BCUT2D eigenvalue weighted by atomic mass is 16.5. The maximum atomic E-state index is 11.5. The highest BCUT2D eigenvalue weighted by molar-refractivity contribution is 5.89. The Morgan fingerprint density at radius 1 is 1.57 bits per heavy atom. The second kappa shape index (κ2) is 6.01. The van der Waals surface area contributed by atoms with Gasteiger partial charge in [-0.25, -0.2) is 0 Å². The molecular formula is C16H17N5O2. The lowest BCUT2D eigenvalue weighted by Crippen LogP contribution is -2.40. The minimum absolute atomic E-state index is 0.0563. The third-order valence-electron chi connectivity index (χ3n) is 3.87. The standard InChI is InChI=1S/C16H17N5O2/c1-9-5-10-6-11(7-19-16(18-2)20-8-17)23-15(10)12-3-4-13(22)21-14(9)12/h3-5,11H,6-7H2,1-2H3,(H,21,22)(H2,18,19,20). The van der Waals surface area contributed by atoms with Crippen molar-refractivity contribution in [3.63, 3.8) is 0 Å². The summed E-state index contributed by atoms with van der Waals surface area (Å²) >= 11 is 0. The van der Waals surface area contributed by atoms with Crippen molar-refractivity contribution in [1.82, 2.24) is 15.6 Å². The molecule has 1 aromatic heterocycles. The lowest BCUT2D eigenvalue weighted by atomic mass is 10.0. The number of pyridine rings is 1. The molecule has 118 valence electrons. The molecule has 7 heteroatoms. The quantitative estimate of drug-likeness (QED) is 0.432. The Bertz CT molecular complexity index is 878. The van der Waals surface area contributed by atoms with E-state index in [4.69, 9.17) is 10.00 Å². The number of H-pyrrole nitrogens is 1. The number of nitrogens with one attached hydrogen (secondary N) is 3. The van der Waals surface area contributed by atoms with Crippen LogP contribution in [-0.4, -0.2) is 30.6 Å². The lowest BCUT2D eigenvalue weighted by molar-refractivity contribution is 0.237. The molecule has 0 spiro atoms. The number of aromatic amines is 1. The van der Waals surface area contributed by atoms with Crippen LogP contribution in [-0.2, 0) is 6.42 Å². The fourth-order valence-electron chi connectivity index (χ4n) is 2.85. The van der Waals surface area contributed by atoms with Crippen LogP contribution in [0.4, 0.5) is 0 Å². The van der Waals surface area contributed by atoms with E-state index >= 15 is 0 Å². The average molecular weight is 311 g/mol. The van der Waals surface area contributed by atoms with E-state index < -0.39 is 0 Å². The fraction of sp³-hybridized carbons (Fsp3) is 0.312. The first-order chi connectivity index (χ1) is 11.1. The Kier molecular flexibility index (Phi) is 3.89. The highest BCUT2D eigenvalue weighted by Gasteiger charge is 2.26. The lowest BCUT2D eigenvalue weighted by Gasteiger charge is -2.14. The molecule has 0 amide bonds. The van der Waals surface area contributed by atoms with E-state index in [-0.39, 0.29) is 11.7 Å². The van der Waals surface area contributed by atoms with E-state index in [1.807, 2.05) is 6.92 Å². The predicted octanol–water partition coefficient (Wildman–Crippen LogP) is 0.786. The summed E-state index contributed by atoms with van der Waals surface area (Å²) in [5, 5.41) is 15.4. The molecule has 0 saturated carbocycles. The SMILES string of the molecule is CNC(=NC#N)NCC1Cc2cc(C)c3[nH]c(=O)ccc3c2O1. The van der Waals surface area contributed by atoms with E-state index in [9.17, 15) is 4.79 Å². The zero-order valence-corrected chi connectivity index (χ0v) is 12.9. The van der Waals surface area contributed by atoms with E-state index in [1.54, 1.807) is 19.3 Å². The number of guanidine groups is 1. The van der Waals surface area contributed by atoms with Crippen molar-refractivity contribution >= 4 is 16.9 Å². The first-order valence-corrected chi connectivity index (χ1v) is 7.33. The molecule has 0 aliphatic carbocycles. The molecule has 2 aromatic rings. The summed E-state index contributed by atoms with van der Waals surface area (Å²) in [6.45, 7) is 2.50. The van der Waals surface area contributed by atoms with Gasteiger partial charge in [-0.3, -0.25) is 4.79 Å². The van der Waals surface area contributed by atoms with Gasteiger partial charge < -0.3 is 20.4 Å². The van der Waals surface area contributed by atoms with Crippen LogP contribution >= 0.6 is 0 Å². The van der Waals surface area contributed by atoms with Crippen molar-refractivity contribution in [1.29, 1.82) is 5.26 Å². The molecular weight excluding hydrogens is 294 g/mol. The van der Waals surface area contributed by atoms with Crippen LogP contribution in [0.2, 0.25) is 0 Å². The minimum atomic E-state index is -0.122. The number of nitriles is 1. The minimum Gasteiger partial charge on any atom is -0.487 e. The first-order valence-electron chi connectivity index (χ1n) is 7.33. The number of ether oxygens (including phenoxy) is 1. The molecule has 0 radical (unpaired) electrons. The topological polar surface area (TPSA) is 102 Å². The molecule has 23 heavy (non-hydrogen) atoms. The number of aromatic nitrogens is 1. The van der Waals surface area contributed by atoms with Crippen LogP contribution in [0.15, 0.2) is 28.0 Å². The van der Waals surface area contributed by atoms with Gasteiger partial charge in [0, 0.05) is 24.9 Å². The van der Waals surface area contributed by atoms with Crippen LogP contribution in [0.1, 0.15) is 11.1 Å². The molecule has 1 aliphatic heterocycles. The Morgan fingerprint density at radius 2 is 2.39 bits per heavy atom. The van der Waals surface area contributed by atoms with Gasteiger partial charge in [0.25, 0.3) is 0 Å². The van der Waals surface area contributed by atoms with Crippen LogP contribution in [0.25, 0.3) is 10.9 Å². The molecule has 1 aromatic carbocycles. The Hall–Kier alpha value is -3.01. The number of hydrogen-bond donors (Lipinski definition) is 3. The van der Waals surface area contributed by atoms with E-state index in [0.717, 1.165) is 34.2 Å². The molecule has 1 aliphatic rings. The van der Waals surface area contributed by atoms with Crippen LogP contribution < -0.4 is 20.9 Å². The molecule has 3 N–H and O–H groups in total. The van der Waals surface area contributed by atoms with E-state index in [2.05, 4.69) is 26.7 Å². The third kappa shape index (κ3) is 2.83. The second-order valence-corrected chi connectivity index (χ2v) is 5.43. The van der Waals surface area contributed by atoms with Crippen LogP contribution in [0.3, 0.4) is 0 Å². The Balaban J connectivity index is 1.84. The average Bonchev–Trinajstić information content (AvgIpc) is 2.94. The zero-order chi connectivity index (χ0) is 16.4. The molecule has 0 fully saturated rings. The summed E-state index contributed by atoms with van der Waals surface area (Å²) in [4.78, 5) is 18.0.